The second-order valence-corrected chi connectivity index (χ2v) is 7.53. The number of carbonyl (C=O) groups is 2. The monoisotopic (exact) mass is 476 g/mol. The molecule has 186 valence electrons. The molecule has 1 fully saturated rings. The van der Waals surface area contributed by atoms with Crippen LogP contribution in [0.1, 0.15) is 11.1 Å². The van der Waals surface area contributed by atoms with Crippen LogP contribution in [0.3, 0.4) is 0 Å². The Morgan fingerprint density at radius 2 is 1.26 bits per heavy atom. The van der Waals surface area contributed by atoms with Crippen molar-refractivity contribution in [1.82, 2.24) is 9.80 Å². The van der Waals surface area contributed by atoms with Gasteiger partial charge in [-0.2, -0.15) is 0 Å². The number of hydrogen-bond donors (Lipinski definition) is 2. The molecule has 0 amide bonds. The minimum absolute atomic E-state index is 0.768. The van der Waals surface area contributed by atoms with Crippen molar-refractivity contribution < 1.29 is 38.7 Å². The third-order valence-electron chi connectivity index (χ3n) is 5.39. The summed E-state index contributed by atoms with van der Waals surface area (Å²) in [5, 5.41) is 14.8. The third-order valence-corrected chi connectivity index (χ3v) is 5.39. The quantitative estimate of drug-likeness (QED) is 0.549. The molecule has 0 atom stereocenters. The summed E-state index contributed by atoms with van der Waals surface area (Å²) in [7, 11) is 6.72. The van der Waals surface area contributed by atoms with E-state index >= 15 is 0 Å². The third kappa shape index (κ3) is 7.82. The molecule has 0 saturated carbocycles. The van der Waals surface area contributed by atoms with Crippen LogP contribution in [0.4, 0.5) is 0 Å². The zero-order valence-corrected chi connectivity index (χ0v) is 19.9. The van der Waals surface area contributed by atoms with E-state index in [1.54, 1.807) is 28.4 Å². The number of carboxylic acid groups (broad SMARTS) is 2. The zero-order chi connectivity index (χ0) is 25.1. The highest BCUT2D eigenvalue weighted by atomic mass is 16.5. The van der Waals surface area contributed by atoms with Gasteiger partial charge >= 0.3 is 11.9 Å². The summed E-state index contributed by atoms with van der Waals surface area (Å²) in [6.07, 6.45) is 0. The first-order valence-corrected chi connectivity index (χ1v) is 10.6. The number of methoxy groups -OCH3 is 4. The fraction of sp³-hybridized carbons (Fsp3) is 0.417. The van der Waals surface area contributed by atoms with Crippen LogP contribution in [0.25, 0.3) is 0 Å². The lowest BCUT2D eigenvalue weighted by atomic mass is 10.1. The summed E-state index contributed by atoms with van der Waals surface area (Å²) in [6.45, 7) is 5.93. The second-order valence-electron chi connectivity index (χ2n) is 7.53. The first-order valence-electron chi connectivity index (χ1n) is 10.6. The van der Waals surface area contributed by atoms with Crippen molar-refractivity contribution in [2.45, 2.75) is 13.1 Å². The molecule has 1 heterocycles. The number of rotatable bonds is 8. The maximum Gasteiger partial charge on any atom is 0.414 e. The fourth-order valence-corrected chi connectivity index (χ4v) is 3.57. The van der Waals surface area contributed by atoms with Crippen LogP contribution < -0.4 is 18.9 Å². The maximum absolute atomic E-state index is 9.10. The minimum atomic E-state index is -1.82. The van der Waals surface area contributed by atoms with Gasteiger partial charge in [0.2, 0.25) is 0 Å². The van der Waals surface area contributed by atoms with E-state index in [0.717, 1.165) is 62.3 Å². The largest absolute Gasteiger partial charge is 0.497 e. The van der Waals surface area contributed by atoms with E-state index in [2.05, 4.69) is 28.0 Å². The van der Waals surface area contributed by atoms with Gasteiger partial charge < -0.3 is 29.2 Å². The highest BCUT2D eigenvalue weighted by Crippen LogP contribution is 2.29. The van der Waals surface area contributed by atoms with Gasteiger partial charge in [-0.1, -0.05) is 12.1 Å². The van der Waals surface area contributed by atoms with Gasteiger partial charge in [-0.25, -0.2) is 9.59 Å². The van der Waals surface area contributed by atoms with Gasteiger partial charge in [-0.05, 0) is 23.8 Å². The molecule has 10 nitrogen and oxygen atoms in total. The molecule has 0 aliphatic carbocycles. The van der Waals surface area contributed by atoms with Gasteiger partial charge in [0.05, 0.1) is 28.4 Å². The predicted molar refractivity (Wildman–Crippen MR) is 125 cm³/mol. The average Bonchev–Trinajstić information content (AvgIpc) is 2.85. The standard InChI is InChI=1S/C22H30N2O4.C2H2O4/c1-25-19-7-6-18(21(14-19)27-3)16-24-11-9-23(10-12-24)15-17-5-8-20(26-2)22(13-17)28-4;3-1(4)2(5)6/h5-8,13-14H,9-12,15-16H2,1-4H3;(H,3,4)(H,5,6). The van der Waals surface area contributed by atoms with Gasteiger partial charge in [0.15, 0.2) is 11.5 Å². The van der Waals surface area contributed by atoms with Gasteiger partial charge in [0.25, 0.3) is 0 Å². The molecule has 0 spiro atoms. The Morgan fingerprint density at radius 3 is 1.76 bits per heavy atom. The van der Waals surface area contributed by atoms with E-state index in [-0.39, 0.29) is 0 Å². The zero-order valence-electron chi connectivity index (χ0n) is 19.9. The first kappa shape index (κ1) is 26.7. The van der Waals surface area contributed by atoms with Gasteiger partial charge in [-0.15, -0.1) is 0 Å². The maximum atomic E-state index is 9.10. The van der Waals surface area contributed by atoms with Crippen molar-refractivity contribution in [3.05, 3.63) is 47.5 Å². The minimum Gasteiger partial charge on any atom is -0.497 e. The number of ether oxygens (including phenoxy) is 4. The molecule has 2 N–H and O–H groups in total. The molecule has 2 aromatic carbocycles. The number of hydrogen-bond acceptors (Lipinski definition) is 8. The smallest absolute Gasteiger partial charge is 0.414 e. The first-order chi connectivity index (χ1) is 16.3. The highest BCUT2D eigenvalue weighted by molar-refractivity contribution is 6.27. The number of carboxylic acids is 2. The van der Waals surface area contributed by atoms with Crippen LogP contribution >= 0.6 is 0 Å². The molecule has 2 aromatic rings. The molecule has 34 heavy (non-hydrogen) atoms. The van der Waals surface area contributed by atoms with Crippen LogP contribution in [0.15, 0.2) is 36.4 Å². The number of nitrogens with zero attached hydrogens (tertiary/aromatic N) is 2. The molecule has 10 heteroatoms. The van der Waals surface area contributed by atoms with E-state index in [1.165, 1.54) is 11.1 Å². The van der Waals surface area contributed by atoms with Crippen LogP contribution in [0.2, 0.25) is 0 Å². The van der Waals surface area contributed by atoms with E-state index in [0.29, 0.717) is 0 Å². The lowest BCUT2D eigenvalue weighted by Gasteiger charge is -2.35. The van der Waals surface area contributed by atoms with Crippen LogP contribution in [-0.2, 0) is 22.7 Å². The normalized spacial score (nSPS) is 13.9. The molecule has 1 saturated heterocycles. The predicted octanol–water partition coefficient (Wildman–Crippen LogP) is 2.19. The Morgan fingerprint density at radius 1 is 0.706 bits per heavy atom. The number of aliphatic carboxylic acids is 2. The van der Waals surface area contributed by atoms with Crippen LogP contribution in [0, 0.1) is 0 Å². The van der Waals surface area contributed by atoms with Crippen molar-refractivity contribution in [2.24, 2.45) is 0 Å². The summed E-state index contributed by atoms with van der Waals surface area (Å²) >= 11 is 0. The Bertz CT molecular complexity index is 946. The number of benzene rings is 2. The van der Waals surface area contributed by atoms with E-state index in [4.69, 9.17) is 38.7 Å². The van der Waals surface area contributed by atoms with E-state index < -0.39 is 11.9 Å². The number of piperazine rings is 1. The highest BCUT2D eigenvalue weighted by Gasteiger charge is 2.19. The lowest BCUT2D eigenvalue weighted by molar-refractivity contribution is -0.159. The summed E-state index contributed by atoms with van der Waals surface area (Å²) in [6, 6.07) is 12.2. The van der Waals surface area contributed by atoms with Crippen molar-refractivity contribution in [2.75, 3.05) is 54.6 Å². The van der Waals surface area contributed by atoms with E-state index in [1.807, 2.05) is 18.2 Å². The van der Waals surface area contributed by atoms with Crippen molar-refractivity contribution in [1.29, 1.82) is 0 Å². The van der Waals surface area contributed by atoms with Gasteiger partial charge in [-0.3, -0.25) is 9.80 Å². The molecular formula is C24H32N2O8. The Hall–Kier alpha value is -3.50. The molecular weight excluding hydrogens is 444 g/mol. The summed E-state index contributed by atoms with van der Waals surface area (Å²) in [5.41, 5.74) is 2.43. The SMILES string of the molecule is COc1ccc(CN2CCN(Cc3ccc(OC)c(OC)c3)CC2)c(OC)c1.O=C(O)C(=O)O. The van der Waals surface area contributed by atoms with Crippen molar-refractivity contribution in [3.8, 4) is 23.0 Å². The van der Waals surface area contributed by atoms with Gasteiger partial charge in [0, 0.05) is 50.9 Å². The van der Waals surface area contributed by atoms with Crippen molar-refractivity contribution in [3.63, 3.8) is 0 Å². The van der Waals surface area contributed by atoms with Crippen LogP contribution in [0.5, 0.6) is 23.0 Å². The second kappa shape index (κ2) is 13.3. The van der Waals surface area contributed by atoms with Crippen molar-refractivity contribution >= 4 is 11.9 Å². The molecule has 1 aliphatic rings. The average molecular weight is 477 g/mol. The van der Waals surface area contributed by atoms with Crippen LogP contribution in [-0.4, -0.2) is 86.6 Å². The molecule has 1 aliphatic heterocycles. The summed E-state index contributed by atoms with van der Waals surface area (Å²) in [5.74, 6) is -0.396. The molecule has 0 radical (unpaired) electrons. The Kier molecular flexibility index (Phi) is 10.4. The molecule has 3 rings (SSSR count). The Balaban J connectivity index is 0.000000604. The molecule has 0 bridgehead atoms. The fourth-order valence-electron chi connectivity index (χ4n) is 3.57. The lowest BCUT2D eigenvalue weighted by Crippen LogP contribution is -2.45. The summed E-state index contributed by atoms with van der Waals surface area (Å²) in [4.78, 5) is 23.1. The Labute approximate surface area is 199 Å². The van der Waals surface area contributed by atoms with Gasteiger partial charge in [0.1, 0.15) is 11.5 Å². The topological polar surface area (TPSA) is 118 Å². The molecule has 0 unspecified atom stereocenters. The summed E-state index contributed by atoms with van der Waals surface area (Å²) < 4.78 is 21.6. The molecule has 0 aromatic heterocycles. The van der Waals surface area contributed by atoms with E-state index in [9.17, 15) is 0 Å².